The van der Waals surface area contributed by atoms with Gasteiger partial charge >= 0.3 is 5.97 Å². The fourth-order valence-electron chi connectivity index (χ4n) is 3.82. The van der Waals surface area contributed by atoms with Gasteiger partial charge in [-0.1, -0.05) is 95.7 Å². The van der Waals surface area contributed by atoms with Gasteiger partial charge in [0.2, 0.25) is 0 Å². The van der Waals surface area contributed by atoms with Crippen LogP contribution in [0.3, 0.4) is 0 Å². The number of aromatic nitrogens is 2. The molecule has 0 fully saturated rings. The van der Waals surface area contributed by atoms with E-state index >= 15 is 0 Å². The summed E-state index contributed by atoms with van der Waals surface area (Å²) in [6.07, 6.45) is 12.4. The Morgan fingerprint density at radius 1 is 0.743 bits per heavy atom. The van der Waals surface area contributed by atoms with Crippen LogP contribution < -0.4 is 9.47 Å². The zero-order valence-electron chi connectivity index (χ0n) is 21.3. The SMILES string of the molecule is CCCCCC[C@H](C)C(=O)Oc1ccc(-c2ccc(-c3ncc(OCCCCC)cn3)cc2)cc1. The first-order chi connectivity index (χ1) is 17.1. The Bertz CT molecular complexity index is 1010. The van der Waals surface area contributed by atoms with Crippen molar-refractivity contribution in [3.63, 3.8) is 0 Å². The van der Waals surface area contributed by atoms with Crippen LogP contribution in [0.1, 0.15) is 72.1 Å². The van der Waals surface area contributed by atoms with Crippen LogP contribution in [0.15, 0.2) is 60.9 Å². The smallest absolute Gasteiger partial charge is 0.314 e. The summed E-state index contributed by atoms with van der Waals surface area (Å²) in [4.78, 5) is 21.3. The first kappa shape index (κ1) is 26.4. The third-order valence-corrected chi connectivity index (χ3v) is 6.09. The summed E-state index contributed by atoms with van der Waals surface area (Å²) < 4.78 is 11.3. The molecule has 0 aliphatic heterocycles. The zero-order valence-corrected chi connectivity index (χ0v) is 21.3. The molecule has 3 aromatic rings. The largest absolute Gasteiger partial charge is 0.490 e. The number of benzene rings is 2. The lowest BCUT2D eigenvalue weighted by Crippen LogP contribution is -2.17. The number of carbonyl (C=O) groups excluding carboxylic acids is 1. The Hall–Kier alpha value is -3.21. The maximum Gasteiger partial charge on any atom is 0.314 e. The Labute approximate surface area is 209 Å². The van der Waals surface area contributed by atoms with E-state index in [2.05, 4.69) is 23.8 Å². The number of rotatable bonds is 14. The van der Waals surface area contributed by atoms with E-state index in [1.165, 1.54) is 25.7 Å². The summed E-state index contributed by atoms with van der Waals surface area (Å²) in [5.74, 6) is 1.72. The second kappa shape index (κ2) is 14.2. The van der Waals surface area contributed by atoms with Gasteiger partial charge in [-0.3, -0.25) is 4.79 Å². The molecule has 1 aromatic heterocycles. The number of carbonyl (C=O) groups is 1. The molecule has 0 radical (unpaired) electrons. The lowest BCUT2D eigenvalue weighted by molar-refractivity contribution is -0.138. The van der Waals surface area contributed by atoms with Crippen molar-refractivity contribution in [1.82, 2.24) is 9.97 Å². The quantitative estimate of drug-likeness (QED) is 0.135. The minimum absolute atomic E-state index is 0.0806. The van der Waals surface area contributed by atoms with E-state index in [-0.39, 0.29) is 11.9 Å². The predicted molar refractivity (Wildman–Crippen MR) is 141 cm³/mol. The number of ether oxygens (including phenoxy) is 2. The molecule has 35 heavy (non-hydrogen) atoms. The van der Waals surface area contributed by atoms with Gasteiger partial charge in [0.1, 0.15) is 5.75 Å². The van der Waals surface area contributed by atoms with Crippen LogP contribution >= 0.6 is 0 Å². The molecule has 0 N–H and O–H groups in total. The molecule has 0 saturated carbocycles. The molecule has 0 saturated heterocycles. The van der Waals surface area contributed by atoms with E-state index in [0.717, 1.165) is 42.4 Å². The molecule has 0 amide bonds. The van der Waals surface area contributed by atoms with E-state index in [1.807, 2.05) is 55.5 Å². The highest BCUT2D eigenvalue weighted by molar-refractivity contribution is 5.75. The van der Waals surface area contributed by atoms with Crippen molar-refractivity contribution in [3.05, 3.63) is 60.9 Å². The monoisotopic (exact) mass is 474 g/mol. The van der Waals surface area contributed by atoms with Crippen LogP contribution in [0, 0.1) is 5.92 Å². The summed E-state index contributed by atoms with van der Waals surface area (Å²) in [5, 5.41) is 0. The van der Waals surface area contributed by atoms with Crippen molar-refractivity contribution < 1.29 is 14.3 Å². The molecule has 2 aromatic carbocycles. The number of hydrogen-bond donors (Lipinski definition) is 0. The molecule has 5 heteroatoms. The molecular formula is C30H38N2O3. The summed E-state index contributed by atoms with van der Waals surface area (Å²) in [5.41, 5.74) is 3.08. The van der Waals surface area contributed by atoms with Crippen molar-refractivity contribution in [3.8, 4) is 34.0 Å². The average molecular weight is 475 g/mol. The molecule has 1 atom stereocenters. The number of nitrogens with zero attached hydrogens (tertiary/aromatic N) is 2. The topological polar surface area (TPSA) is 61.3 Å². The van der Waals surface area contributed by atoms with E-state index in [9.17, 15) is 4.79 Å². The fourth-order valence-corrected chi connectivity index (χ4v) is 3.82. The average Bonchev–Trinajstić information content (AvgIpc) is 2.90. The second-order valence-electron chi connectivity index (χ2n) is 9.07. The van der Waals surface area contributed by atoms with Crippen LogP contribution in [0.5, 0.6) is 11.5 Å². The van der Waals surface area contributed by atoms with Gasteiger partial charge in [0.25, 0.3) is 0 Å². The Morgan fingerprint density at radius 3 is 1.94 bits per heavy atom. The third kappa shape index (κ3) is 8.50. The van der Waals surface area contributed by atoms with Gasteiger partial charge in [-0.15, -0.1) is 0 Å². The predicted octanol–water partition coefficient (Wildman–Crippen LogP) is 7.89. The second-order valence-corrected chi connectivity index (χ2v) is 9.07. The normalized spacial score (nSPS) is 11.7. The maximum atomic E-state index is 12.4. The lowest BCUT2D eigenvalue weighted by atomic mass is 10.0. The molecule has 3 rings (SSSR count). The lowest BCUT2D eigenvalue weighted by Gasteiger charge is -2.11. The molecule has 0 aliphatic rings. The van der Waals surface area contributed by atoms with Crippen molar-refractivity contribution in [2.45, 2.75) is 72.1 Å². The van der Waals surface area contributed by atoms with Crippen molar-refractivity contribution in [2.24, 2.45) is 5.92 Å². The van der Waals surface area contributed by atoms with Crippen molar-refractivity contribution >= 4 is 5.97 Å². The number of hydrogen-bond acceptors (Lipinski definition) is 5. The summed E-state index contributed by atoms with van der Waals surface area (Å²) in [6.45, 7) is 7.00. The van der Waals surface area contributed by atoms with Crippen LogP contribution in [0.2, 0.25) is 0 Å². The van der Waals surface area contributed by atoms with Gasteiger partial charge in [0, 0.05) is 5.56 Å². The van der Waals surface area contributed by atoms with E-state index < -0.39 is 0 Å². The molecule has 0 aliphatic carbocycles. The molecule has 0 bridgehead atoms. The first-order valence-electron chi connectivity index (χ1n) is 13.0. The highest BCUT2D eigenvalue weighted by Gasteiger charge is 2.15. The van der Waals surface area contributed by atoms with Gasteiger partial charge in [-0.05, 0) is 36.1 Å². The van der Waals surface area contributed by atoms with Gasteiger partial charge in [-0.2, -0.15) is 0 Å². The highest BCUT2D eigenvalue weighted by atomic mass is 16.5. The standard InChI is InChI=1S/C30H38N2O3/c1-4-6-8-9-11-23(3)30(33)35-27-18-16-25(17-19-27)24-12-14-26(15-13-24)29-31-21-28(22-32-29)34-20-10-7-5-2/h12-19,21-23H,4-11,20H2,1-3H3/t23-/m0/s1. The summed E-state index contributed by atoms with van der Waals surface area (Å²) in [7, 11) is 0. The van der Waals surface area contributed by atoms with Crippen LogP contribution in [0.25, 0.3) is 22.5 Å². The third-order valence-electron chi connectivity index (χ3n) is 6.09. The van der Waals surface area contributed by atoms with Gasteiger partial charge in [-0.25, -0.2) is 9.97 Å². The minimum atomic E-state index is -0.157. The molecule has 0 spiro atoms. The number of unbranched alkanes of at least 4 members (excludes halogenated alkanes) is 5. The molecule has 5 nitrogen and oxygen atoms in total. The summed E-state index contributed by atoms with van der Waals surface area (Å²) >= 11 is 0. The first-order valence-corrected chi connectivity index (χ1v) is 13.0. The van der Waals surface area contributed by atoms with Crippen LogP contribution in [-0.4, -0.2) is 22.5 Å². The molecule has 0 unspecified atom stereocenters. The maximum absolute atomic E-state index is 12.4. The van der Waals surface area contributed by atoms with E-state index in [0.29, 0.717) is 23.9 Å². The van der Waals surface area contributed by atoms with Gasteiger partial charge in [0.05, 0.1) is 24.9 Å². The van der Waals surface area contributed by atoms with Gasteiger partial charge in [0.15, 0.2) is 11.6 Å². The molecular weight excluding hydrogens is 436 g/mol. The molecule has 1 heterocycles. The van der Waals surface area contributed by atoms with E-state index in [4.69, 9.17) is 9.47 Å². The molecule has 186 valence electrons. The van der Waals surface area contributed by atoms with Crippen LogP contribution in [-0.2, 0) is 4.79 Å². The Balaban J connectivity index is 1.53. The van der Waals surface area contributed by atoms with Crippen LogP contribution in [0.4, 0.5) is 0 Å². The fraction of sp³-hybridized carbons (Fsp3) is 0.433. The Kier molecular flexibility index (Phi) is 10.7. The van der Waals surface area contributed by atoms with Crippen molar-refractivity contribution in [2.75, 3.05) is 6.61 Å². The van der Waals surface area contributed by atoms with Crippen molar-refractivity contribution in [1.29, 1.82) is 0 Å². The zero-order chi connectivity index (χ0) is 24.9. The van der Waals surface area contributed by atoms with Gasteiger partial charge < -0.3 is 9.47 Å². The van der Waals surface area contributed by atoms with E-state index in [1.54, 1.807) is 12.4 Å². The minimum Gasteiger partial charge on any atom is -0.490 e. The highest BCUT2D eigenvalue weighted by Crippen LogP contribution is 2.26. The number of esters is 1. The summed E-state index contributed by atoms with van der Waals surface area (Å²) in [6, 6.07) is 15.8. The Morgan fingerprint density at radius 2 is 1.31 bits per heavy atom.